The van der Waals surface area contributed by atoms with Crippen molar-refractivity contribution in [2.24, 2.45) is 0 Å². The largest absolute Gasteiger partial charge is 0.383 e. The van der Waals surface area contributed by atoms with Crippen molar-refractivity contribution in [3.8, 4) is 0 Å². The number of nitrogens with one attached hydrogen (secondary N) is 1. The number of benzene rings is 1. The number of carbonyl (C=O) groups excluding carboxylic acids is 1. The highest BCUT2D eigenvalue weighted by Crippen LogP contribution is 2.40. The zero-order chi connectivity index (χ0) is 20.3. The van der Waals surface area contributed by atoms with Crippen LogP contribution in [0.5, 0.6) is 0 Å². The Morgan fingerprint density at radius 2 is 2.04 bits per heavy atom. The number of sulfonamides is 1. The van der Waals surface area contributed by atoms with Crippen LogP contribution in [0, 0.1) is 0 Å². The Labute approximate surface area is 164 Å². The predicted molar refractivity (Wildman–Crippen MR) is 108 cm³/mol. The Morgan fingerprint density at radius 1 is 1.32 bits per heavy atom. The maximum Gasteiger partial charge on any atom is 0.256 e. The number of fused-ring (bicyclic) bond motifs is 2. The molecule has 1 aromatic carbocycles. The van der Waals surface area contributed by atoms with E-state index >= 15 is 0 Å². The van der Waals surface area contributed by atoms with Gasteiger partial charge in [0.05, 0.1) is 24.4 Å². The quantitative estimate of drug-likeness (QED) is 0.791. The Hall–Kier alpha value is -2.39. The van der Waals surface area contributed by atoms with E-state index in [1.54, 1.807) is 0 Å². The van der Waals surface area contributed by atoms with E-state index in [0.29, 0.717) is 30.9 Å². The molecular weight excluding hydrogens is 378 g/mol. The van der Waals surface area contributed by atoms with Crippen LogP contribution in [-0.2, 0) is 23.0 Å². The van der Waals surface area contributed by atoms with E-state index in [1.807, 2.05) is 24.3 Å². The molecule has 0 bridgehead atoms. The van der Waals surface area contributed by atoms with Crippen molar-refractivity contribution >= 4 is 27.4 Å². The van der Waals surface area contributed by atoms with Gasteiger partial charge in [-0.25, -0.2) is 8.42 Å². The van der Waals surface area contributed by atoms with Gasteiger partial charge in [-0.3, -0.25) is 4.79 Å². The summed E-state index contributed by atoms with van der Waals surface area (Å²) in [6.45, 7) is 4.61. The average molecular weight is 404 g/mol. The van der Waals surface area contributed by atoms with Gasteiger partial charge in [0.25, 0.3) is 5.91 Å². The van der Waals surface area contributed by atoms with Crippen LogP contribution < -0.4 is 11.1 Å². The van der Waals surface area contributed by atoms with Gasteiger partial charge in [0.2, 0.25) is 10.0 Å². The number of aromatic nitrogens is 2. The molecule has 28 heavy (non-hydrogen) atoms. The predicted octanol–water partition coefficient (Wildman–Crippen LogP) is 1.80. The van der Waals surface area contributed by atoms with Crippen LogP contribution in [0.4, 0.5) is 11.5 Å². The van der Waals surface area contributed by atoms with Crippen LogP contribution in [0.3, 0.4) is 0 Å². The van der Waals surface area contributed by atoms with E-state index in [2.05, 4.69) is 24.3 Å². The standard InChI is InChI=1S/C19H25N5O3S/c1-19(2)10-14(12-6-4-5-7-15(12)21-19)18(25)24-17(20)13-8-9-23(28(3,26)27)11-16(13)22-24/h4-7,14,21H,8-11,20H2,1-3H3. The summed E-state index contributed by atoms with van der Waals surface area (Å²) in [7, 11) is -3.32. The van der Waals surface area contributed by atoms with Crippen LogP contribution in [0.2, 0.25) is 0 Å². The van der Waals surface area contributed by atoms with Crippen LogP contribution in [0.15, 0.2) is 24.3 Å². The monoisotopic (exact) mass is 403 g/mol. The first kappa shape index (κ1) is 18.9. The molecule has 0 saturated carbocycles. The number of para-hydroxylation sites is 1. The van der Waals surface area contributed by atoms with Gasteiger partial charge < -0.3 is 11.1 Å². The van der Waals surface area contributed by atoms with Crippen molar-refractivity contribution < 1.29 is 13.2 Å². The van der Waals surface area contributed by atoms with Crippen molar-refractivity contribution in [3.05, 3.63) is 41.1 Å². The van der Waals surface area contributed by atoms with Crippen molar-refractivity contribution in [2.75, 3.05) is 23.9 Å². The molecule has 1 unspecified atom stereocenters. The minimum Gasteiger partial charge on any atom is -0.383 e. The highest BCUT2D eigenvalue weighted by atomic mass is 32.2. The Kier molecular flexibility index (Phi) is 4.27. The molecule has 0 spiro atoms. The third kappa shape index (κ3) is 3.18. The molecule has 150 valence electrons. The van der Waals surface area contributed by atoms with Crippen molar-refractivity contribution in [1.82, 2.24) is 14.1 Å². The molecule has 1 atom stereocenters. The number of hydrogen-bond acceptors (Lipinski definition) is 6. The molecule has 9 heteroatoms. The van der Waals surface area contributed by atoms with Crippen molar-refractivity contribution in [1.29, 1.82) is 0 Å². The number of hydrogen-bond donors (Lipinski definition) is 2. The highest BCUT2D eigenvalue weighted by molar-refractivity contribution is 7.88. The summed E-state index contributed by atoms with van der Waals surface area (Å²) in [6.07, 6.45) is 2.25. The lowest BCUT2D eigenvalue weighted by Gasteiger charge is -2.38. The lowest BCUT2D eigenvalue weighted by atomic mass is 9.80. The fourth-order valence-corrected chi connectivity index (χ4v) is 4.94. The van der Waals surface area contributed by atoms with E-state index in [0.717, 1.165) is 16.8 Å². The third-order valence-electron chi connectivity index (χ3n) is 5.54. The third-order valence-corrected chi connectivity index (χ3v) is 6.79. The molecule has 1 aromatic heterocycles. The molecular formula is C19H25N5O3S. The van der Waals surface area contributed by atoms with Gasteiger partial charge in [-0.2, -0.15) is 14.1 Å². The first-order chi connectivity index (χ1) is 13.1. The average Bonchev–Trinajstić information content (AvgIpc) is 2.95. The number of rotatable bonds is 2. The Bertz CT molecular complexity index is 1060. The highest BCUT2D eigenvalue weighted by Gasteiger charge is 2.38. The first-order valence-corrected chi connectivity index (χ1v) is 11.1. The number of nitrogen functional groups attached to an aromatic ring is 1. The summed E-state index contributed by atoms with van der Waals surface area (Å²) in [5, 5.41) is 7.90. The second kappa shape index (κ2) is 6.31. The molecule has 2 aliphatic heterocycles. The van der Waals surface area contributed by atoms with E-state index < -0.39 is 10.0 Å². The van der Waals surface area contributed by atoms with Crippen molar-refractivity contribution in [3.63, 3.8) is 0 Å². The van der Waals surface area contributed by atoms with Crippen LogP contribution in [0.25, 0.3) is 0 Å². The molecule has 0 fully saturated rings. The van der Waals surface area contributed by atoms with Gasteiger partial charge in [0.1, 0.15) is 5.82 Å². The number of nitrogens with zero attached hydrogens (tertiary/aromatic N) is 3. The fraction of sp³-hybridized carbons (Fsp3) is 0.474. The van der Waals surface area contributed by atoms with Gasteiger partial charge in [0.15, 0.2) is 0 Å². The summed E-state index contributed by atoms with van der Waals surface area (Å²) in [5.41, 5.74) is 9.22. The van der Waals surface area contributed by atoms with Gasteiger partial charge in [-0.15, -0.1) is 0 Å². The van der Waals surface area contributed by atoms with E-state index in [1.165, 1.54) is 15.2 Å². The first-order valence-electron chi connectivity index (χ1n) is 9.29. The number of carbonyl (C=O) groups is 1. The Morgan fingerprint density at radius 3 is 2.75 bits per heavy atom. The van der Waals surface area contributed by atoms with Crippen LogP contribution in [-0.4, -0.2) is 46.8 Å². The fourth-order valence-electron chi connectivity index (χ4n) is 4.16. The van der Waals surface area contributed by atoms with Crippen molar-refractivity contribution in [2.45, 2.75) is 44.7 Å². The SMILES string of the molecule is CC1(C)CC(C(=O)n2nc3c(c2N)CCN(S(C)(=O)=O)C3)c2ccccc2N1. The number of nitrogens with two attached hydrogens (primary N) is 1. The van der Waals surface area contributed by atoms with Gasteiger partial charge in [-0.05, 0) is 38.3 Å². The zero-order valence-corrected chi connectivity index (χ0v) is 17.1. The lowest BCUT2D eigenvalue weighted by Crippen LogP contribution is -2.40. The van der Waals surface area contributed by atoms with E-state index in [4.69, 9.17) is 5.73 Å². The molecule has 3 N–H and O–H groups in total. The van der Waals surface area contributed by atoms with E-state index in [-0.39, 0.29) is 23.9 Å². The maximum absolute atomic E-state index is 13.4. The van der Waals surface area contributed by atoms with Crippen LogP contribution in [0.1, 0.15) is 47.8 Å². The molecule has 2 aliphatic rings. The molecule has 8 nitrogen and oxygen atoms in total. The number of anilines is 2. The van der Waals surface area contributed by atoms with Gasteiger partial charge in [-0.1, -0.05) is 18.2 Å². The molecule has 2 aromatic rings. The normalized spacial score (nSPS) is 21.5. The zero-order valence-electron chi connectivity index (χ0n) is 16.3. The van der Waals surface area contributed by atoms with E-state index in [9.17, 15) is 13.2 Å². The topological polar surface area (TPSA) is 110 Å². The van der Waals surface area contributed by atoms with Crippen LogP contribution >= 0.6 is 0 Å². The van der Waals surface area contributed by atoms with Gasteiger partial charge in [0, 0.05) is 23.3 Å². The molecule has 0 saturated heterocycles. The molecule has 4 rings (SSSR count). The minimum atomic E-state index is -3.32. The summed E-state index contributed by atoms with van der Waals surface area (Å²) in [5.74, 6) is -0.232. The second-order valence-corrected chi connectivity index (χ2v) is 10.2. The summed E-state index contributed by atoms with van der Waals surface area (Å²) in [4.78, 5) is 13.4. The molecule has 0 radical (unpaired) electrons. The Balaban J connectivity index is 1.71. The molecule has 0 aliphatic carbocycles. The molecule has 3 heterocycles. The van der Waals surface area contributed by atoms with Gasteiger partial charge >= 0.3 is 0 Å². The minimum absolute atomic E-state index is 0.146. The summed E-state index contributed by atoms with van der Waals surface area (Å²) < 4.78 is 26.4. The maximum atomic E-state index is 13.4. The lowest BCUT2D eigenvalue weighted by molar-refractivity contribution is 0.0847. The molecule has 0 amide bonds. The smallest absolute Gasteiger partial charge is 0.256 e. The summed E-state index contributed by atoms with van der Waals surface area (Å²) in [6, 6.07) is 7.78. The second-order valence-electron chi connectivity index (χ2n) is 8.26. The summed E-state index contributed by atoms with van der Waals surface area (Å²) >= 11 is 0.